The van der Waals surface area contributed by atoms with Crippen molar-refractivity contribution in [3.05, 3.63) is 101 Å². The van der Waals surface area contributed by atoms with Crippen LogP contribution in [0.5, 0.6) is 11.5 Å². The van der Waals surface area contributed by atoms with Crippen LogP contribution in [0.4, 0.5) is 5.82 Å². The molecule has 0 saturated heterocycles. The first-order valence-electron chi connectivity index (χ1n) is 11.8. The lowest BCUT2D eigenvalue weighted by Crippen LogP contribution is -2.40. The Labute approximate surface area is 214 Å². The molecule has 5 rings (SSSR count). The van der Waals surface area contributed by atoms with E-state index in [9.17, 15) is 9.59 Å². The molecule has 2 heterocycles. The minimum atomic E-state index is -1.10. The van der Waals surface area contributed by atoms with Gasteiger partial charge in [0.1, 0.15) is 17.3 Å². The van der Waals surface area contributed by atoms with Gasteiger partial charge in [-0.1, -0.05) is 17.7 Å². The summed E-state index contributed by atoms with van der Waals surface area (Å²) in [4.78, 5) is 27.2. The Hall–Kier alpha value is -4.43. The van der Waals surface area contributed by atoms with Gasteiger partial charge in [0, 0.05) is 11.1 Å². The van der Waals surface area contributed by atoms with Crippen molar-refractivity contribution in [3.8, 4) is 17.2 Å². The minimum absolute atomic E-state index is 0.274. The highest BCUT2D eigenvalue weighted by Gasteiger charge is 2.40. The van der Waals surface area contributed by atoms with Crippen molar-refractivity contribution in [2.75, 3.05) is 19.5 Å². The molecule has 1 aliphatic rings. The molecule has 37 heavy (non-hydrogen) atoms. The lowest BCUT2D eigenvalue weighted by atomic mass is 9.97. The first kappa shape index (κ1) is 24.3. The molecule has 2 atom stereocenters. The van der Waals surface area contributed by atoms with Crippen molar-refractivity contribution < 1.29 is 23.8 Å². The second kappa shape index (κ2) is 9.91. The van der Waals surface area contributed by atoms with E-state index in [0.29, 0.717) is 39.7 Å². The van der Waals surface area contributed by atoms with E-state index in [1.54, 1.807) is 67.4 Å². The molecule has 0 unspecified atom stereocenters. The number of ketones is 2. The summed E-state index contributed by atoms with van der Waals surface area (Å²) < 4.78 is 18.3. The van der Waals surface area contributed by atoms with Crippen molar-refractivity contribution in [1.29, 1.82) is 0 Å². The molecule has 188 valence electrons. The van der Waals surface area contributed by atoms with Gasteiger partial charge in [-0.3, -0.25) is 9.59 Å². The SMILES string of the molecule is COc1ccc(C(=O)[C@H]2Nc3c(c(C)nn3-c3ccc(C)cc3)[C@H](C(=O)c3ccc(OC)cc3)O2)cc1. The highest BCUT2D eigenvalue weighted by molar-refractivity contribution is 6.04. The average Bonchev–Trinajstić information content (AvgIpc) is 3.28. The third-order valence-corrected chi connectivity index (χ3v) is 6.41. The summed E-state index contributed by atoms with van der Waals surface area (Å²) in [6, 6.07) is 21.4. The molecule has 3 aromatic carbocycles. The monoisotopic (exact) mass is 497 g/mol. The van der Waals surface area contributed by atoms with Gasteiger partial charge < -0.3 is 19.5 Å². The Morgan fingerprint density at radius 2 is 1.35 bits per heavy atom. The number of anilines is 1. The largest absolute Gasteiger partial charge is 0.497 e. The number of benzene rings is 3. The topological polar surface area (TPSA) is 91.7 Å². The maximum absolute atomic E-state index is 13.7. The number of carbonyl (C=O) groups excluding carboxylic acids is 2. The summed E-state index contributed by atoms with van der Waals surface area (Å²) in [6.45, 7) is 3.83. The molecule has 0 radical (unpaired) electrons. The number of aryl methyl sites for hydroxylation is 2. The van der Waals surface area contributed by atoms with Crippen LogP contribution in [0.1, 0.15) is 43.6 Å². The van der Waals surface area contributed by atoms with E-state index in [1.165, 1.54) is 0 Å². The summed E-state index contributed by atoms with van der Waals surface area (Å²) in [5.41, 5.74) is 4.01. The van der Waals surface area contributed by atoms with Gasteiger partial charge in [-0.25, -0.2) is 4.68 Å². The number of Topliss-reactive ketones (excluding diaryl/α,β-unsaturated/α-hetero) is 2. The zero-order valence-corrected chi connectivity index (χ0v) is 21.0. The van der Waals surface area contributed by atoms with Crippen LogP contribution < -0.4 is 14.8 Å². The van der Waals surface area contributed by atoms with Crippen molar-refractivity contribution in [1.82, 2.24) is 9.78 Å². The molecule has 0 amide bonds. The van der Waals surface area contributed by atoms with Crippen LogP contribution in [0.3, 0.4) is 0 Å². The van der Waals surface area contributed by atoms with E-state index in [-0.39, 0.29) is 11.6 Å². The molecule has 0 aliphatic carbocycles. The maximum Gasteiger partial charge on any atom is 0.212 e. The summed E-state index contributed by atoms with van der Waals surface area (Å²) in [7, 11) is 3.13. The summed E-state index contributed by atoms with van der Waals surface area (Å²) in [5, 5.41) is 7.92. The van der Waals surface area contributed by atoms with Gasteiger partial charge in [0.25, 0.3) is 0 Å². The van der Waals surface area contributed by atoms with Gasteiger partial charge in [-0.15, -0.1) is 0 Å². The van der Waals surface area contributed by atoms with E-state index < -0.39 is 12.3 Å². The number of nitrogens with one attached hydrogen (secondary N) is 1. The van der Waals surface area contributed by atoms with Crippen LogP contribution in [0.2, 0.25) is 0 Å². The number of rotatable bonds is 7. The highest BCUT2D eigenvalue weighted by Crippen LogP contribution is 2.39. The van der Waals surface area contributed by atoms with E-state index in [1.807, 2.05) is 38.1 Å². The number of carbonyl (C=O) groups is 2. The zero-order valence-electron chi connectivity index (χ0n) is 21.0. The molecular weight excluding hydrogens is 470 g/mol. The van der Waals surface area contributed by atoms with Gasteiger partial charge in [0.2, 0.25) is 5.78 Å². The van der Waals surface area contributed by atoms with Crippen molar-refractivity contribution in [2.45, 2.75) is 26.2 Å². The first-order valence-corrected chi connectivity index (χ1v) is 11.8. The minimum Gasteiger partial charge on any atom is -0.497 e. The molecule has 0 fully saturated rings. The molecule has 0 bridgehead atoms. The molecule has 1 N–H and O–H groups in total. The van der Waals surface area contributed by atoms with Crippen molar-refractivity contribution in [2.24, 2.45) is 0 Å². The van der Waals surface area contributed by atoms with Crippen molar-refractivity contribution in [3.63, 3.8) is 0 Å². The predicted octanol–water partition coefficient (Wildman–Crippen LogP) is 5.08. The van der Waals surface area contributed by atoms with Crippen LogP contribution in [-0.2, 0) is 4.74 Å². The van der Waals surface area contributed by atoms with Crippen LogP contribution >= 0.6 is 0 Å². The van der Waals surface area contributed by atoms with E-state index in [4.69, 9.17) is 19.3 Å². The smallest absolute Gasteiger partial charge is 0.212 e. The van der Waals surface area contributed by atoms with E-state index >= 15 is 0 Å². The lowest BCUT2D eigenvalue weighted by molar-refractivity contribution is 0.00632. The molecule has 0 spiro atoms. The second-order valence-corrected chi connectivity index (χ2v) is 8.82. The Morgan fingerprint density at radius 3 is 1.89 bits per heavy atom. The third kappa shape index (κ3) is 4.59. The van der Waals surface area contributed by atoms with Gasteiger partial charge in [0.05, 0.1) is 31.2 Å². The number of hydrogen-bond acceptors (Lipinski definition) is 7. The Morgan fingerprint density at radius 1 is 0.811 bits per heavy atom. The van der Waals surface area contributed by atoms with E-state index in [2.05, 4.69) is 5.32 Å². The fourth-order valence-corrected chi connectivity index (χ4v) is 4.36. The number of nitrogens with zero attached hydrogens (tertiary/aromatic N) is 2. The van der Waals surface area contributed by atoms with Gasteiger partial charge in [0.15, 0.2) is 18.1 Å². The van der Waals surface area contributed by atoms with Gasteiger partial charge in [-0.2, -0.15) is 5.10 Å². The summed E-state index contributed by atoms with van der Waals surface area (Å²) in [5.74, 6) is 1.24. The van der Waals surface area contributed by atoms with Crippen LogP contribution in [-0.4, -0.2) is 41.8 Å². The molecule has 8 heteroatoms. The number of aromatic nitrogens is 2. The summed E-state index contributed by atoms with van der Waals surface area (Å²) in [6.07, 6.45) is -2.13. The quantitative estimate of drug-likeness (QED) is 0.356. The van der Waals surface area contributed by atoms with Crippen LogP contribution in [0, 0.1) is 13.8 Å². The van der Waals surface area contributed by atoms with Crippen molar-refractivity contribution >= 4 is 17.4 Å². The normalized spacial score (nSPS) is 16.4. The molecule has 1 aliphatic heterocycles. The Bertz CT molecular complexity index is 1440. The number of fused-ring (bicyclic) bond motifs is 1. The van der Waals surface area contributed by atoms with Crippen LogP contribution in [0.15, 0.2) is 72.8 Å². The molecule has 1 aromatic heterocycles. The molecule has 0 saturated carbocycles. The second-order valence-electron chi connectivity index (χ2n) is 8.82. The van der Waals surface area contributed by atoms with Gasteiger partial charge in [-0.05, 0) is 74.5 Å². The molecule has 8 nitrogen and oxygen atoms in total. The number of methoxy groups -OCH3 is 2. The maximum atomic E-state index is 13.7. The fraction of sp³-hybridized carbons (Fsp3) is 0.207. The number of ether oxygens (including phenoxy) is 3. The fourth-order valence-electron chi connectivity index (χ4n) is 4.36. The first-order chi connectivity index (χ1) is 17.9. The average molecular weight is 498 g/mol. The Kier molecular flexibility index (Phi) is 6.50. The third-order valence-electron chi connectivity index (χ3n) is 6.41. The standard InChI is InChI=1S/C29H27N3O5/c1-17-5-11-21(12-6-17)32-28-24(18(2)31-32)27(25(33)19-7-13-22(35-3)14-8-19)37-29(30-28)26(34)20-9-15-23(36-4)16-10-20/h5-16,27,29-30H,1-4H3/t27-,29+/m1/s1. The Balaban J connectivity index is 1.58. The molecular formula is C29H27N3O5. The number of hydrogen-bond donors (Lipinski definition) is 1. The molecule has 4 aromatic rings. The predicted molar refractivity (Wildman–Crippen MR) is 139 cm³/mol. The van der Waals surface area contributed by atoms with Gasteiger partial charge >= 0.3 is 0 Å². The highest BCUT2D eigenvalue weighted by atomic mass is 16.5. The lowest BCUT2D eigenvalue weighted by Gasteiger charge is -2.31. The summed E-state index contributed by atoms with van der Waals surface area (Å²) >= 11 is 0. The van der Waals surface area contributed by atoms with E-state index in [0.717, 1.165) is 11.3 Å². The zero-order chi connectivity index (χ0) is 26.1. The van der Waals surface area contributed by atoms with Crippen LogP contribution in [0.25, 0.3) is 5.69 Å².